The number of carbonyl (C=O) groups is 2. The third-order valence-corrected chi connectivity index (χ3v) is 3.84. The Morgan fingerprint density at radius 2 is 2.00 bits per heavy atom. The predicted molar refractivity (Wildman–Crippen MR) is 96.1 cm³/mol. The average molecular weight is 360 g/mol. The van der Waals surface area contributed by atoms with Crippen LogP contribution in [0.25, 0.3) is 11.5 Å². The van der Waals surface area contributed by atoms with E-state index in [4.69, 9.17) is 10.2 Å². The number of aliphatic hydroxyl groups is 1. The van der Waals surface area contributed by atoms with Crippen molar-refractivity contribution >= 4 is 11.8 Å². The Labute approximate surface area is 151 Å². The number of benzene rings is 1. The van der Waals surface area contributed by atoms with E-state index in [1.54, 1.807) is 0 Å². The molecule has 2 rings (SSSR count). The Bertz CT molecular complexity index is 743. The molecule has 0 aliphatic heterocycles. The molecule has 140 valence electrons. The van der Waals surface area contributed by atoms with E-state index in [-0.39, 0.29) is 6.54 Å². The molecule has 26 heavy (non-hydrogen) atoms. The first-order chi connectivity index (χ1) is 12.4. The zero-order valence-electron chi connectivity index (χ0n) is 14.9. The highest BCUT2D eigenvalue weighted by Crippen LogP contribution is 2.21. The van der Waals surface area contributed by atoms with Crippen molar-refractivity contribution in [3.05, 3.63) is 41.8 Å². The Morgan fingerprint density at radius 3 is 2.62 bits per heavy atom. The number of nitrogens with one attached hydrogen (secondary N) is 2. The summed E-state index contributed by atoms with van der Waals surface area (Å²) in [7, 11) is 0. The predicted octanol–water partition coefficient (Wildman–Crippen LogP) is 0.133. The fourth-order valence-corrected chi connectivity index (χ4v) is 2.42. The van der Waals surface area contributed by atoms with Gasteiger partial charge in [0.05, 0.1) is 18.3 Å². The van der Waals surface area contributed by atoms with E-state index in [9.17, 15) is 14.7 Å². The van der Waals surface area contributed by atoms with E-state index in [2.05, 4.69) is 15.6 Å². The molecule has 5 N–H and O–H groups in total. The highest BCUT2D eigenvalue weighted by atomic mass is 16.4. The quantitative estimate of drug-likeness (QED) is 0.529. The molecule has 2 atom stereocenters. The van der Waals surface area contributed by atoms with Crippen molar-refractivity contribution in [2.75, 3.05) is 13.1 Å². The minimum absolute atomic E-state index is 0.253. The molecule has 1 heterocycles. The number of nitrogens with two attached hydrogens (primary N) is 1. The molecule has 8 nitrogen and oxygen atoms in total. The van der Waals surface area contributed by atoms with Crippen LogP contribution in [0.2, 0.25) is 0 Å². The Balaban J connectivity index is 1.93. The molecule has 1 aromatic carbocycles. The fraction of sp³-hybridized carbons (Fsp3) is 0.389. The number of nitrogens with zero attached hydrogens (tertiary/aromatic N) is 1. The van der Waals surface area contributed by atoms with Gasteiger partial charge in [-0.3, -0.25) is 9.59 Å². The number of hydrogen-bond acceptors (Lipinski definition) is 6. The second kappa shape index (κ2) is 9.12. The molecule has 0 radical (unpaired) electrons. The Morgan fingerprint density at radius 1 is 1.31 bits per heavy atom. The van der Waals surface area contributed by atoms with Crippen LogP contribution in [-0.4, -0.2) is 47.1 Å². The van der Waals surface area contributed by atoms with E-state index >= 15 is 0 Å². The van der Waals surface area contributed by atoms with Gasteiger partial charge in [-0.05, 0) is 26.0 Å². The van der Waals surface area contributed by atoms with Crippen molar-refractivity contribution in [1.82, 2.24) is 15.6 Å². The van der Waals surface area contributed by atoms with Gasteiger partial charge < -0.3 is 25.9 Å². The largest absolute Gasteiger partial charge is 0.441 e. The van der Waals surface area contributed by atoms with E-state index in [0.29, 0.717) is 24.6 Å². The SMILES string of the molecule is Cc1oc(-c2ccccc2)nc1CCNC(=O)[C@@H](NC(=O)CN)[C@@H](C)O. The van der Waals surface area contributed by atoms with E-state index in [0.717, 1.165) is 11.3 Å². The summed E-state index contributed by atoms with van der Waals surface area (Å²) in [6.45, 7) is 3.28. The summed E-state index contributed by atoms with van der Waals surface area (Å²) in [6.07, 6.45) is -0.574. The number of carbonyl (C=O) groups excluding carboxylic acids is 2. The monoisotopic (exact) mass is 360 g/mol. The number of amides is 2. The van der Waals surface area contributed by atoms with Gasteiger partial charge in [0.2, 0.25) is 17.7 Å². The molecule has 0 aliphatic carbocycles. The van der Waals surface area contributed by atoms with Gasteiger partial charge in [0.1, 0.15) is 11.8 Å². The molecule has 0 unspecified atom stereocenters. The van der Waals surface area contributed by atoms with Crippen molar-refractivity contribution in [2.45, 2.75) is 32.4 Å². The zero-order chi connectivity index (χ0) is 19.1. The summed E-state index contributed by atoms with van der Waals surface area (Å²) in [5, 5.41) is 14.7. The molecule has 0 spiro atoms. The van der Waals surface area contributed by atoms with Crippen LogP contribution >= 0.6 is 0 Å². The first-order valence-electron chi connectivity index (χ1n) is 8.39. The Kier molecular flexibility index (Phi) is 6.88. The first kappa shape index (κ1) is 19.6. The number of aryl methyl sites for hydroxylation is 1. The third kappa shape index (κ3) is 5.14. The number of aliphatic hydroxyl groups excluding tert-OH is 1. The number of rotatable bonds is 8. The first-order valence-corrected chi connectivity index (χ1v) is 8.39. The van der Waals surface area contributed by atoms with Crippen molar-refractivity contribution in [3.63, 3.8) is 0 Å². The van der Waals surface area contributed by atoms with Crippen LogP contribution in [0.5, 0.6) is 0 Å². The summed E-state index contributed by atoms with van der Waals surface area (Å²) in [6, 6.07) is 8.48. The summed E-state index contributed by atoms with van der Waals surface area (Å²) in [4.78, 5) is 28.0. The zero-order valence-corrected chi connectivity index (χ0v) is 14.9. The highest BCUT2D eigenvalue weighted by Gasteiger charge is 2.25. The van der Waals surface area contributed by atoms with Crippen LogP contribution in [0.1, 0.15) is 18.4 Å². The molecule has 1 aromatic heterocycles. The molecular formula is C18H24N4O4. The lowest BCUT2D eigenvalue weighted by Gasteiger charge is -2.20. The molecule has 0 saturated carbocycles. The lowest BCUT2D eigenvalue weighted by Crippen LogP contribution is -2.53. The molecule has 2 amide bonds. The fourth-order valence-electron chi connectivity index (χ4n) is 2.42. The molecule has 0 bridgehead atoms. The summed E-state index contributed by atoms with van der Waals surface area (Å²) in [5.74, 6) is 0.222. The van der Waals surface area contributed by atoms with Crippen LogP contribution < -0.4 is 16.4 Å². The van der Waals surface area contributed by atoms with Crippen LogP contribution in [0.15, 0.2) is 34.7 Å². The number of hydrogen-bond donors (Lipinski definition) is 4. The highest BCUT2D eigenvalue weighted by molar-refractivity contribution is 5.88. The van der Waals surface area contributed by atoms with Crippen molar-refractivity contribution in [1.29, 1.82) is 0 Å². The van der Waals surface area contributed by atoms with E-state index in [1.807, 2.05) is 37.3 Å². The second-order valence-corrected chi connectivity index (χ2v) is 5.92. The van der Waals surface area contributed by atoms with Crippen molar-refractivity contribution in [2.24, 2.45) is 5.73 Å². The number of aromatic nitrogens is 1. The minimum Gasteiger partial charge on any atom is -0.441 e. The maximum Gasteiger partial charge on any atom is 0.245 e. The standard InChI is InChI=1S/C18H24N4O4/c1-11(23)16(22-15(24)10-19)17(25)20-9-8-14-12(2)26-18(21-14)13-6-4-3-5-7-13/h3-7,11,16,23H,8-10,19H2,1-2H3,(H,20,25)(H,22,24)/t11-,16+/m1/s1. The maximum atomic E-state index is 12.2. The van der Waals surface area contributed by atoms with Crippen LogP contribution in [0.4, 0.5) is 0 Å². The lowest BCUT2D eigenvalue weighted by atomic mass is 10.1. The van der Waals surface area contributed by atoms with E-state index < -0.39 is 24.0 Å². The van der Waals surface area contributed by atoms with Gasteiger partial charge in [-0.1, -0.05) is 18.2 Å². The normalized spacial score (nSPS) is 13.1. The van der Waals surface area contributed by atoms with Gasteiger partial charge >= 0.3 is 0 Å². The second-order valence-electron chi connectivity index (χ2n) is 5.92. The Hall–Kier alpha value is -2.71. The van der Waals surface area contributed by atoms with Gasteiger partial charge in [0, 0.05) is 18.5 Å². The van der Waals surface area contributed by atoms with Crippen molar-refractivity contribution < 1.29 is 19.1 Å². The summed E-state index contributed by atoms with van der Waals surface area (Å²) >= 11 is 0. The molecule has 8 heteroatoms. The van der Waals surface area contributed by atoms with Gasteiger partial charge in [-0.2, -0.15) is 0 Å². The molecule has 0 fully saturated rings. The number of oxazole rings is 1. The lowest BCUT2D eigenvalue weighted by molar-refractivity contribution is -0.130. The minimum atomic E-state index is -1.05. The summed E-state index contributed by atoms with van der Waals surface area (Å²) < 4.78 is 5.68. The average Bonchev–Trinajstić information content (AvgIpc) is 3.00. The van der Waals surface area contributed by atoms with Crippen LogP contribution in [-0.2, 0) is 16.0 Å². The smallest absolute Gasteiger partial charge is 0.245 e. The van der Waals surface area contributed by atoms with Crippen LogP contribution in [0, 0.1) is 6.92 Å². The third-order valence-electron chi connectivity index (χ3n) is 3.84. The van der Waals surface area contributed by atoms with Crippen LogP contribution in [0.3, 0.4) is 0 Å². The van der Waals surface area contributed by atoms with Gasteiger partial charge in [0.15, 0.2) is 0 Å². The van der Waals surface area contributed by atoms with E-state index in [1.165, 1.54) is 6.92 Å². The molecule has 0 saturated heterocycles. The molecule has 0 aliphatic rings. The van der Waals surface area contributed by atoms with Crippen molar-refractivity contribution in [3.8, 4) is 11.5 Å². The maximum absolute atomic E-state index is 12.2. The van der Waals surface area contributed by atoms with Gasteiger partial charge in [-0.15, -0.1) is 0 Å². The molecular weight excluding hydrogens is 336 g/mol. The molecule has 2 aromatic rings. The summed E-state index contributed by atoms with van der Waals surface area (Å²) in [5.41, 5.74) is 6.84. The van der Waals surface area contributed by atoms with Gasteiger partial charge in [-0.25, -0.2) is 4.98 Å². The van der Waals surface area contributed by atoms with Gasteiger partial charge in [0.25, 0.3) is 0 Å². The topological polar surface area (TPSA) is 130 Å².